The van der Waals surface area contributed by atoms with E-state index in [2.05, 4.69) is 79.8 Å². The highest BCUT2D eigenvalue weighted by atomic mass is 35.5. The van der Waals surface area contributed by atoms with Crippen molar-refractivity contribution in [1.82, 2.24) is 14.0 Å². The zero-order valence-electron chi connectivity index (χ0n) is 11.7. The maximum Gasteiger partial charge on any atom is 0.249 e. The van der Waals surface area contributed by atoms with Crippen molar-refractivity contribution in [2.45, 2.75) is 10.7 Å². The molecule has 0 aliphatic carbocycles. The third-order valence-corrected chi connectivity index (χ3v) is 12.0. The maximum atomic E-state index is 2.45. The summed E-state index contributed by atoms with van der Waals surface area (Å²) in [6.07, 6.45) is 1.36. The normalized spacial score (nSPS) is 18.9. The number of thioether (sulfide) groups is 2. The van der Waals surface area contributed by atoms with Gasteiger partial charge in [0.15, 0.2) is 0 Å². The molecule has 0 bridgehead atoms. The summed E-state index contributed by atoms with van der Waals surface area (Å²) in [6.45, 7) is 0. The van der Waals surface area contributed by atoms with E-state index in [-0.39, 0.29) is 12.4 Å². The van der Waals surface area contributed by atoms with Gasteiger partial charge in [-0.1, -0.05) is 0 Å². The molecular weight excluding hydrogens is 293 g/mol. The zero-order chi connectivity index (χ0) is 12.3. The Bertz CT molecular complexity index is 202. The molecular formula is C10H25ClN3PS2. The Hall–Kier alpha value is 1.30. The van der Waals surface area contributed by atoms with Gasteiger partial charge in [-0.15, -0.1) is 23.5 Å². The van der Waals surface area contributed by atoms with Crippen LogP contribution in [0.3, 0.4) is 0 Å². The van der Waals surface area contributed by atoms with Gasteiger partial charge in [-0.05, 0) is 17.9 Å². The van der Waals surface area contributed by atoms with Crippen LogP contribution in [0.15, 0.2) is 0 Å². The van der Waals surface area contributed by atoms with Crippen LogP contribution in [-0.2, 0) is 0 Å². The lowest BCUT2D eigenvalue weighted by Gasteiger charge is -2.44. The SMILES string of the molecule is CN(C)[P+](C1SCCCS1)(N(C)C)N(C)C.[Cl-]. The Balaban J connectivity index is 0.00000256. The van der Waals surface area contributed by atoms with Gasteiger partial charge in [0, 0.05) is 42.3 Å². The van der Waals surface area contributed by atoms with E-state index in [1.165, 1.54) is 17.9 Å². The largest absolute Gasteiger partial charge is 1.00 e. The van der Waals surface area contributed by atoms with Gasteiger partial charge in [-0.25, -0.2) is 0 Å². The summed E-state index contributed by atoms with van der Waals surface area (Å²) in [7, 11) is 12.0. The van der Waals surface area contributed by atoms with Gasteiger partial charge in [0.2, 0.25) is 12.0 Å². The van der Waals surface area contributed by atoms with Crippen LogP contribution in [0.2, 0.25) is 0 Å². The Morgan fingerprint density at radius 1 is 0.824 bits per heavy atom. The molecule has 1 heterocycles. The molecule has 17 heavy (non-hydrogen) atoms. The monoisotopic (exact) mass is 317 g/mol. The van der Waals surface area contributed by atoms with Gasteiger partial charge in [0.1, 0.15) is 0 Å². The summed E-state index contributed by atoms with van der Waals surface area (Å²) in [5.41, 5.74) is 0. The van der Waals surface area contributed by atoms with Gasteiger partial charge in [0.05, 0.1) is 0 Å². The molecule has 3 nitrogen and oxygen atoms in total. The second-order valence-corrected chi connectivity index (χ2v) is 12.1. The highest BCUT2D eigenvalue weighted by Crippen LogP contribution is 2.73. The van der Waals surface area contributed by atoms with Crippen LogP contribution >= 0.6 is 31.2 Å². The highest BCUT2D eigenvalue weighted by Gasteiger charge is 2.55. The second kappa shape index (κ2) is 7.78. The molecule has 0 atom stereocenters. The molecule has 0 saturated carbocycles. The zero-order valence-corrected chi connectivity index (χ0v) is 15.0. The van der Waals surface area contributed by atoms with E-state index in [4.69, 9.17) is 0 Å². The summed E-state index contributed by atoms with van der Waals surface area (Å²) in [4.78, 5) is 0. The molecule has 0 spiro atoms. The average Bonchev–Trinajstić information content (AvgIpc) is 2.18. The van der Waals surface area contributed by atoms with Gasteiger partial charge < -0.3 is 12.4 Å². The number of nitrogens with zero attached hydrogens (tertiary/aromatic N) is 3. The lowest BCUT2D eigenvalue weighted by Crippen LogP contribution is -3.00. The van der Waals surface area contributed by atoms with Gasteiger partial charge in [-0.2, -0.15) is 14.0 Å². The van der Waals surface area contributed by atoms with Gasteiger partial charge in [-0.3, -0.25) is 0 Å². The first-order valence-electron chi connectivity index (χ1n) is 5.59. The van der Waals surface area contributed by atoms with E-state index in [9.17, 15) is 0 Å². The molecule has 1 saturated heterocycles. The minimum Gasteiger partial charge on any atom is -1.00 e. The van der Waals surface area contributed by atoms with Crippen molar-refractivity contribution < 1.29 is 12.4 Å². The molecule has 0 aromatic carbocycles. The lowest BCUT2D eigenvalue weighted by atomic mass is 10.6. The van der Waals surface area contributed by atoms with Crippen molar-refractivity contribution >= 4 is 31.2 Å². The fourth-order valence-electron chi connectivity index (χ4n) is 2.31. The number of hydrogen-bond acceptors (Lipinski definition) is 5. The third-order valence-electron chi connectivity index (χ3n) is 2.86. The highest BCUT2D eigenvalue weighted by molar-refractivity contribution is 8.25. The number of hydrogen-bond donors (Lipinski definition) is 0. The molecule has 0 unspecified atom stereocenters. The fraction of sp³-hybridized carbons (Fsp3) is 1.00. The van der Waals surface area contributed by atoms with E-state index >= 15 is 0 Å². The fourth-order valence-corrected chi connectivity index (χ4v) is 13.4. The van der Waals surface area contributed by atoms with Crippen molar-refractivity contribution in [1.29, 1.82) is 0 Å². The first kappa shape index (κ1) is 18.3. The minimum atomic E-state index is -1.36. The van der Waals surface area contributed by atoms with Crippen molar-refractivity contribution in [2.24, 2.45) is 0 Å². The predicted octanol–water partition coefficient (Wildman–Crippen LogP) is -0.408. The smallest absolute Gasteiger partial charge is 0.249 e. The predicted molar refractivity (Wildman–Crippen MR) is 81.3 cm³/mol. The van der Waals surface area contributed by atoms with Crippen LogP contribution in [0.25, 0.3) is 0 Å². The van der Waals surface area contributed by atoms with E-state index in [0.717, 1.165) is 0 Å². The molecule has 1 aliphatic rings. The maximum absolute atomic E-state index is 2.45. The molecule has 0 aromatic heterocycles. The summed E-state index contributed by atoms with van der Waals surface area (Å²) < 4.78 is 8.04. The third kappa shape index (κ3) is 3.65. The lowest BCUT2D eigenvalue weighted by molar-refractivity contribution is -0.00000354. The van der Waals surface area contributed by atoms with E-state index < -0.39 is 7.71 Å². The summed E-state index contributed by atoms with van der Waals surface area (Å²) >= 11 is 4.28. The van der Waals surface area contributed by atoms with Crippen molar-refractivity contribution in [3.8, 4) is 0 Å². The molecule has 104 valence electrons. The van der Waals surface area contributed by atoms with Crippen molar-refractivity contribution in [3.05, 3.63) is 0 Å². The van der Waals surface area contributed by atoms with Crippen molar-refractivity contribution in [2.75, 3.05) is 53.8 Å². The van der Waals surface area contributed by atoms with Crippen LogP contribution in [0, 0.1) is 0 Å². The molecule has 1 fully saturated rings. The van der Waals surface area contributed by atoms with Crippen LogP contribution in [0.5, 0.6) is 0 Å². The summed E-state index contributed by atoms with van der Waals surface area (Å²) in [6, 6.07) is 0. The number of halogens is 1. The first-order chi connectivity index (χ1) is 7.44. The van der Waals surface area contributed by atoms with Crippen LogP contribution in [0.1, 0.15) is 6.42 Å². The molecule has 0 amide bonds. The second-order valence-electron chi connectivity index (χ2n) is 4.56. The van der Waals surface area contributed by atoms with Gasteiger partial charge >= 0.3 is 0 Å². The molecule has 1 aliphatic heterocycles. The van der Waals surface area contributed by atoms with Crippen LogP contribution in [0.4, 0.5) is 0 Å². The Kier molecular flexibility index (Phi) is 8.38. The minimum absolute atomic E-state index is 0. The Labute approximate surface area is 122 Å². The quantitative estimate of drug-likeness (QED) is 0.650. The molecule has 0 N–H and O–H groups in total. The van der Waals surface area contributed by atoms with E-state index in [0.29, 0.717) is 4.32 Å². The first-order valence-corrected chi connectivity index (χ1v) is 9.40. The van der Waals surface area contributed by atoms with Gasteiger partial charge in [0.25, 0.3) is 0 Å². The van der Waals surface area contributed by atoms with E-state index in [1.54, 1.807) is 0 Å². The Morgan fingerprint density at radius 2 is 1.18 bits per heavy atom. The molecule has 7 heteroatoms. The van der Waals surface area contributed by atoms with Crippen LogP contribution < -0.4 is 12.4 Å². The Morgan fingerprint density at radius 3 is 1.47 bits per heavy atom. The van der Waals surface area contributed by atoms with E-state index in [1.807, 2.05) is 0 Å². The summed E-state index contributed by atoms with van der Waals surface area (Å²) in [5.74, 6) is 2.63. The average molecular weight is 318 g/mol. The van der Waals surface area contributed by atoms with Crippen molar-refractivity contribution in [3.63, 3.8) is 0 Å². The van der Waals surface area contributed by atoms with Crippen LogP contribution in [-0.4, -0.2) is 72.1 Å². The molecule has 1 rings (SSSR count). The standard InChI is InChI=1S/C10H25N3PS2.ClH/c1-11(2)14(12(3)4,13(5)6)10-15-8-7-9-16-10;/h10H,7-9H2,1-6H3;1H/q+1;/p-1. The topological polar surface area (TPSA) is 9.72 Å². The molecule has 0 aromatic rings. The summed E-state index contributed by atoms with van der Waals surface area (Å²) in [5, 5.41) is 0. The number of rotatable bonds is 4. The molecule has 0 radical (unpaired) electrons.